The quantitative estimate of drug-likeness (QED) is 0.715. The zero-order valence-electron chi connectivity index (χ0n) is 13.1. The highest BCUT2D eigenvalue weighted by atomic mass is 15.0. The van der Waals surface area contributed by atoms with Crippen molar-refractivity contribution in [1.82, 2.24) is 5.32 Å². The Kier molecular flexibility index (Phi) is 5.20. The summed E-state index contributed by atoms with van der Waals surface area (Å²) in [5.74, 6) is 0. The van der Waals surface area contributed by atoms with Crippen molar-refractivity contribution in [2.75, 3.05) is 0 Å². The van der Waals surface area contributed by atoms with E-state index in [1.165, 1.54) is 11.1 Å². The van der Waals surface area contributed by atoms with Crippen molar-refractivity contribution in [3.05, 3.63) is 108 Å². The molecule has 0 radical (unpaired) electrons. The number of hydrogen-bond acceptors (Lipinski definition) is 2. The van der Waals surface area contributed by atoms with E-state index in [0.29, 0.717) is 0 Å². The lowest BCUT2D eigenvalue weighted by Gasteiger charge is -2.26. The first-order valence-electron chi connectivity index (χ1n) is 7.97. The van der Waals surface area contributed by atoms with Crippen LogP contribution >= 0.6 is 0 Å². The summed E-state index contributed by atoms with van der Waals surface area (Å²) in [4.78, 5) is 0. The molecule has 0 aliphatic heterocycles. The molecule has 3 aromatic rings. The number of nitrogens with two attached hydrogens (primary N) is 1. The van der Waals surface area contributed by atoms with Crippen LogP contribution in [0.1, 0.15) is 28.8 Å². The van der Waals surface area contributed by atoms with Gasteiger partial charge in [-0.25, -0.2) is 0 Å². The van der Waals surface area contributed by atoms with E-state index in [-0.39, 0.29) is 12.1 Å². The summed E-state index contributed by atoms with van der Waals surface area (Å²) in [6, 6.07) is 31.1. The molecule has 0 heterocycles. The van der Waals surface area contributed by atoms with Crippen molar-refractivity contribution in [2.45, 2.75) is 18.6 Å². The van der Waals surface area contributed by atoms with Crippen molar-refractivity contribution in [3.8, 4) is 0 Å². The van der Waals surface area contributed by atoms with Crippen molar-refractivity contribution < 1.29 is 0 Å². The second-order valence-electron chi connectivity index (χ2n) is 5.69. The van der Waals surface area contributed by atoms with Crippen molar-refractivity contribution in [2.24, 2.45) is 5.73 Å². The van der Waals surface area contributed by atoms with Crippen LogP contribution in [0.5, 0.6) is 0 Å². The average Bonchev–Trinajstić information content (AvgIpc) is 2.64. The van der Waals surface area contributed by atoms with E-state index in [0.717, 1.165) is 12.1 Å². The Labute approximate surface area is 138 Å². The molecule has 0 spiro atoms. The summed E-state index contributed by atoms with van der Waals surface area (Å²) in [5, 5.41) is 3.63. The first kappa shape index (κ1) is 15.5. The summed E-state index contributed by atoms with van der Waals surface area (Å²) in [7, 11) is 0. The molecular formula is C21H22N2. The van der Waals surface area contributed by atoms with Gasteiger partial charge in [-0.15, -0.1) is 0 Å². The van der Waals surface area contributed by atoms with Crippen LogP contribution in [-0.4, -0.2) is 0 Å². The highest BCUT2D eigenvalue weighted by molar-refractivity contribution is 5.27. The van der Waals surface area contributed by atoms with E-state index < -0.39 is 0 Å². The van der Waals surface area contributed by atoms with Crippen molar-refractivity contribution in [1.29, 1.82) is 0 Å². The smallest absolute Gasteiger partial charge is 0.0518 e. The molecule has 23 heavy (non-hydrogen) atoms. The number of rotatable bonds is 6. The van der Waals surface area contributed by atoms with E-state index in [9.17, 15) is 0 Å². The number of nitrogens with one attached hydrogen (secondary N) is 1. The van der Waals surface area contributed by atoms with Crippen LogP contribution in [0.3, 0.4) is 0 Å². The molecular weight excluding hydrogens is 280 g/mol. The van der Waals surface area contributed by atoms with Crippen LogP contribution in [0.25, 0.3) is 0 Å². The minimum absolute atomic E-state index is 0.0683. The molecule has 0 bridgehead atoms. The van der Waals surface area contributed by atoms with E-state index in [2.05, 4.69) is 66.0 Å². The summed E-state index contributed by atoms with van der Waals surface area (Å²) in [6.45, 7) is 0.793. The van der Waals surface area contributed by atoms with E-state index >= 15 is 0 Å². The van der Waals surface area contributed by atoms with E-state index in [1.807, 2.05) is 30.3 Å². The third kappa shape index (κ3) is 4.07. The molecule has 0 aliphatic carbocycles. The Morgan fingerprint density at radius 3 is 1.70 bits per heavy atom. The fourth-order valence-electron chi connectivity index (χ4n) is 2.80. The lowest BCUT2D eigenvalue weighted by atomic mass is 9.94. The summed E-state index contributed by atoms with van der Waals surface area (Å²) in [5.41, 5.74) is 10.2. The molecule has 0 aromatic heterocycles. The van der Waals surface area contributed by atoms with Crippen LogP contribution in [-0.2, 0) is 6.54 Å². The minimum Gasteiger partial charge on any atom is -0.322 e. The zero-order chi connectivity index (χ0) is 15.9. The van der Waals surface area contributed by atoms with Gasteiger partial charge in [-0.3, -0.25) is 0 Å². The predicted molar refractivity (Wildman–Crippen MR) is 95.8 cm³/mol. The molecule has 2 unspecified atom stereocenters. The van der Waals surface area contributed by atoms with Crippen LogP contribution in [0, 0.1) is 0 Å². The Balaban J connectivity index is 1.82. The maximum absolute atomic E-state index is 6.57. The normalized spacial score (nSPS) is 13.4. The Hall–Kier alpha value is -2.42. The second kappa shape index (κ2) is 7.73. The van der Waals surface area contributed by atoms with Gasteiger partial charge in [0.25, 0.3) is 0 Å². The number of benzene rings is 3. The first-order valence-corrected chi connectivity index (χ1v) is 7.97. The number of hydrogen-bond donors (Lipinski definition) is 2. The fourth-order valence-corrected chi connectivity index (χ4v) is 2.80. The SMILES string of the molecule is NC(c1ccccc1)C(NCc1ccccc1)c1ccccc1. The largest absolute Gasteiger partial charge is 0.322 e. The van der Waals surface area contributed by atoms with Gasteiger partial charge in [0, 0.05) is 12.6 Å². The van der Waals surface area contributed by atoms with Crippen LogP contribution in [0.2, 0.25) is 0 Å². The molecule has 0 fully saturated rings. The van der Waals surface area contributed by atoms with Crippen LogP contribution in [0.4, 0.5) is 0 Å². The Bertz CT molecular complexity index is 696. The third-order valence-corrected chi connectivity index (χ3v) is 4.07. The highest BCUT2D eigenvalue weighted by Crippen LogP contribution is 2.27. The Morgan fingerprint density at radius 1 is 0.652 bits per heavy atom. The van der Waals surface area contributed by atoms with E-state index in [1.54, 1.807) is 0 Å². The van der Waals surface area contributed by atoms with Gasteiger partial charge in [0.15, 0.2) is 0 Å². The molecule has 116 valence electrons. The molecule has 0 saturated heterocycles. The van der Waals surface area contributed by atoms with Gasteiger partial charge >= 0.3 is 0 Å². The first-order chi connectivity index (χ1) is 11.3. The molecule has 0 saturated carbocycles. The fraction of sp³-hybridized carbons (Fsp3) is 0.143. The maximum atomic E-state index is 6.57. The lowest BCUT2D eigenvalue weighted by molar-refractivity contribution is 0.452. The second-order valence-corrected chi connectivity index (χ2v) is 5.69. The van der Waals surface area contributed by atoms with Gasteiger partial charge in [-0.2, -0.15) is 0 Å². The lowest BCUT2D eigenvalue weighted by Crippen LogP contribution is -2.31. The summed E-state index contributed by atoms with van der Waals surface area (Å²) >= 11 is 0. The van der Waals surface area contributed by atoms with Crippen LogP contribution < -0.4 is 11.1 Å². The standard InChI is InChI=1S/C21H22N2/c22-20(18-12-6-2-7-13-18)21(19-14-8-3-9-15-19)23-16-17-10-4-1-5-11-17/h1-15,20-21,23H,16,22H2. The molecule has 3 N–H and O–H groups in total. The molecule has 3 rings (SSSR count). The third-order valence-electron chi connectivity index (χ3n) is 4.07. The predicted octanol–water partition coefficient (Wildman–Crippen LogP) is 4.22. The minimum atomic E-state index is -0.0951. The van der Waals surface area contributed by atoms with Gasteiger partial charge in [-0.1, -0.05) is 91.0 Å². The highest BCUT2D eigenvalue weighted by Gasteiger charge is 2.20. The van der Waals surface area contributed by atoms with Crippen LogP contribution in [0.15, 0.2) is 91.0 Å². The molecule has 0 amide bonds. The van der Waals surface area contributed by atoms with Gasteiger partial charge in [0.2, 0.25) is 0 Å². The molecule has 3 aromatic carbocycles. The van der Waals surface area contributed by atoms with Gasteiger partial charge in [0.1, 0.15) is 0 Å². The summed E-state index contributed by atoms with van der Waals surface area (Å²) in [6.07, 6.45) is 0. The van der Waals surface area contributed by atoms with Gasteiger partial charge < -0.3 is 11.1 Å². The van der Waals surface area contributed by atoms with Gasteiger partial charge in [0.05, 0.1) is 6.04 Å². The average molecular weight is 302 g/mol. The molecule has 0 aliphatic rings. The zero-order valence-corrected chi connectivity index (χ0v) is 13.1. The van der Waals surface area contributed by atoms with E-state index in [4.69, 9.17) is 5.73 Å². The molecule has 2 atom stereocenters. The van der Waals surface area contributed by atoms with Crippen molar-refractivity contribution >= 4 is 0 Å². The monoisotopic (exact) mass is 302 g/mol. The molecule has 2 nitrogen and oxygen atoms in total. The maximum Gasteiger partial charge on any atom is 0.0518 e. The molecule has 2 heteroatoms. The van der Waals surface area contributed by atoms with Gasteiger partial charge in [-0.05, 0) is 16.7 Å². The Morgan fingerprint density at radius 2 is 1.13 bits per heavy atom. The summed E-state index contributed by atoms with van der Waals surface area (Å²) < 4.78 is 0. The van der Waals surface area contributed by atoms with Crippen molar-refractivity contribution in [3.63, 3.8) is 0 Å². The topological polar surface area (TPSA) is 38.0 Å².